The molecular formula is C14H20BrNO. The predicted molar refractivity (Wildman–Crippen MR) is 75.3 cm³/mol. The zero-order chi connectivity index (χ0) is 13.2. The molecule has 0 saturated heterocycles. The van der Waals surface area contributed by atoms with Crippen molar-refractivity contribution in [1.29, 1.82) is 0 Å². The topological polar surface area (TPSA) is 20.3 Å². The average molecular weight is 298 g/mol. The Morgan fingerprint density at radius 3 is 2.41 bits per heavy atom. The second kappa shape index (κ2) is 5.67. The number of aryl methyl sites for hydroxylation is 1. The number of hydrogen-bond acceptors (Lipinski definition) is 1. The van der Waals surface area contributed by atoms with E-state index in [1.165, 1.54) is 0 Å². The highest BCUT2D eigenvalue weighted by molar-refractivity contribution is 9.10. The molecule has 1 rings (SSSR count). The fourth-order valence-corrected chi connectivity index (χ4v) is 2.04. The number of nitrogens with zero attached hydrogens (tertiary/aromatic N) is 1. The predicted octanol–water partition coefficient (Wildman–Crippen LogP) is 3.87. The molecule has 94 valence electrons. The van der Waals surface area contributed by atoms with Gasteiger partial charge in [-0.05, 0) is 47.8 Å². The largest absolute Gasteiger partial charge is 0.339 e. The molecule has 0 bridgehead atoms. The van der Waals surface area contributed by atoms with E-state index in [1.807, 2.05) is 37.1 Å². The molecule has 17 heavy (non-hydrogen) atoms. The molecule has 0 aliphatic heterocycles. The normalized spacial score (nSPS) is 12.6. The summed E-state index contributed by atoms with van der Waals surface area (Å²) in [6.45, 7) is 8.32. The van der Waals surface area contributed by atoms with E-state index >= 15 is 0 Å². The van der Waals surface area contributed by atoms with Crippen molar-refractivity contribution in [2.75, 3.05) is 7.05 Å². The van der Waals surface area contributed by atoms with Gasteiger partial charge in [0.25, 0.3) is 5.91 Å². The second-order valence-corrected chi connectivity index (χ2v) is 5.74. The average Bonchev–Trinajstić information content (AvgIpc) is 2.29. The van der Waals surface area contributed by atoms with Crippen molar-refractivity contribution in [3.05, 3.63) is 33.8 Å². The Labute approximate surface area is 112 Å². The SMILES string of the molecule is Cc1ccc(Br)c(C(=O)N(C)C(C)C(C)C)c1. The molecule has 0 heterocycles. The molecule has 0 fully saturated rings. The molecule has 2 nitrogen and oxygen atoms in total. The van der Waals surface area contributed by atoms with Crippen molar-refractivity contribution in [1.82, 2.24) is 4.90 Å². The van der Waals surface area contributed by atoms with Gasteiger partial charge in [-0.1, -0.05) is 25.5 Å². The fraction of sp³-hybridized carbons (Fsp3) is 0.500. The number of rotatable bonds is 3. The molecule has 1 unspecified atom stereocenters. The monoisotopic (exact) mass is 297 g/mol. The van der Waals surface area contributed by atoms with Gasteiger partial charge >= 0.3 is 0 Å². The Bertz CT molecular complexity index is 415. The summed E-state index contributed by atoms with van der Waals surface area (Å²) in [7, 11) is 1.86. The van der Waals surface area contributed by atoms with E-state index in [1.54, 1.807) is 0 Å². The highest BCUT2D eigenvalue weighted by Gasteiger charge is 2.21. The first kappa shape index (κ1) is 14.2. The molecule has 1 aromatic carbocycles. The maximum atomic E-state index is 12.4. The molecule has 1 atom stereocenters. The third-order valence-electron chi connectivity index (χ3n) is 3.25. The van der Waals surface area contributed by atoms with Crippen molar-refractivity contribution in [2.45, 2.75) is 33.7 Å². The molecule has 0 spiro atoms. The Kier molecular flexibility index (Phi) is 4.75. The van der Waals surface area contributed by atoms with Crippen LogP contribution >= 0.6 is 15.9 Å². The van der Waals surface area contributed by atoms with Crippen LogP contribution < -0.4 is 0 Å². The number of amides is 1. The van der Waals surface area contributed by atoms with Crippen LogP contribution in [0.2, 0.25) is 0 Å². The van der Waals surface area contributed by atoms with Gasteiger partial charge in [-0.25, -0.2) is 0 Å². The summed E-state index contributed by atoms with van der Waals surface area (Å²) >= 11 is 3.44. The van der Waals surface area contributed by atoms with E-state index in [0.29, 0.717) is 5.92 Å². The highest BCUT2D eigenvalue weighted by Crippen LogP contribution is 2.21. The van der Waals surface area contributed by atoms with Crippen LogP contribution in [0.3, 0.4) is 0 Å². The van der Waals surface area contributed by atoms with Crippen LogP contribution in [0.15, 0.2) is 22.7 Å². The highest BCUT2D eigenvalue weighted by atomic mass is 79.9. The molecule has 0 aliphatic carbocycles. The summed E-state index contributed by atoms with van der Waals surface area (Å²) in [5, 5.41) is 0. The molecule has 0 N–H and O–H groups in total. The van der Waals surface area contributed by atoms with Gasteiger partial charge < -0.3 is 4.90 Å². The lowest BCUT2D eigenvalue weighted by Gasteiger charge is -2.28. The first-order valence-corrected chi connectivity index (χ1v) is 6.67. The van der Waals surface area contributed by atoms with Gasteiger partial charge in [0, 0.05) is 17.6 Å². The van der Waals surface area contributed by atoms with E-state index < -0.39 is 0 Å². The smallest absolute Gasteiger partial charge is 0.254 e. The number of benzene rings is 1. The molecule has 0 aliphatic rings. The molecule has 1 amide bonds. The Balaban J connectivity index is 3.00. The van der Waals surface area contributed by atoms with E-state index in [-0.39, 0.29) is 11.9 Å². The van der Waals surface area contributed by atoms with E-state index in [2.05, 4.69) is 36.7 Å². The van der Waals surface area contributed by atoms with Crippen LogP contribution in [0.25, 0.3) is 0 Å². The number of carbonyl (C=O) groups is 1. The molecule has 0 radical (unpaired) electrons. The molecule has 1 aromatic rings. The lowest BCUT2D eigenvalue weighted by Crippen LogP contribution is -2.38. The summed E-state index contributed by atoms with van der Waals surface area (Å²) in [6, 6.07) is 6.08. The minimum atomic E-state index is 0.0711. The Morgan fingerprint density at radius 2 is 1.88 bits per heavy atom. The van der Waals surface area contributed by atoms with E-state index in [4.69, 9.17) is 0 Å². The lowest BCUT2D eigenvalue weighted by molar-refractivity contribution is 0.0706. The standard InChI is InChI=1S/C14H20BrNO/c1-9(2)11(4)16(5)14(17)12-8-10(3)6-7-13(12)15/h6-9,11H,1-5H3. The van der Waals surface area contributed by atoms with Gasteiger partial charge in [-0.3, -0.25) is 4.79 Å². The van der Waals surface area contributed by atoms with Gasteiger partial charge in [0.05, 0.1) is 5.56 Å². The summed E-state index contributed by atoms with van der Waals surface area (Å²) in [5.74, 6) is 0.523. The Morgan fingerprint density at radius 1 is 1.29 bits per heavy atom. The van der Waals surface area contributed by atoms with E-state index in [0.717, 1.165) is 15.6 Å². The van der Waals surface area contributed by atoms with Crippen LogP contribution in [0.5, 0.6) is 0 Å². The zero-order valence-electron chi connectivity index (χ0n) is 11.1. The van der Waals surface area contributed by atoms with Crippen LogP contribution in [-0.4, -0.2) is 23.9 Å². The van der Waals surface area contributed by atoms with Crippen molar-refractivity contribution in [3.63, 3.8) is 0 Å². The van der Waals surface area contributed by atoms with Crippen molar-refractivity contribution in [2.24, 2.45) is 5.92 Å². The first-order valence-electron chi connectivity index (χ1n) is 5.88. The number of halogens is 1. The van der Waals surface area contributed by atoms with Gasteiger partial charge in [-0.2, -0.15) is 0 Å². The maximum absolute atomic E-state index is 12.4. The number of hydrogen-bond donors (Lipinski definition) is 0. The van der Waals surface area contributed by atoms with Crippen molar-refractivity contribution >= 4 is 21.8 Å². The van der Waals surface area contributed by atoms with Gasteiger partial charge in [0.2, 0.25) is 0 Å². The van der Waals surface area contributed by atoms with Crippen LogP contribution in [0, 0.1) is 12.8 Å². The molecule has 0 aromatic heterocycles. The molecular weight excluding hydrogens is 278 g/mol. The van der Waals surface area contributed by atoms with Crippen molar-refractivity contribution < 1.29 is 4.79 Å². The maximum Gasteiger partial charge on any atom is 0.254 e. The minimum absolute atomic E-state index is 0.0711. The van der Waals surface area contributed by atoms with Crippen LogP contribution in [-0.2, 0) is 0 Å². The summed E-state index contributed by atoms with van der Waals surface area (Å²) in [6.07, 6.45) is 0. The third-order valence-corrected chi connectivity index (χ3v) is 3.94. The van der Waals surface area contributed by atoms with Crippen LogP contribution in [0.4, 0.5) is 0 Å². The van der Waals surface area contributed by atoms with Gasteiger partial charge in [-0.15, -0.1) is 0 Å². The summed E-state index contributed by atoms with van der Waals surface area (Å²) < 4.78 is 0.857. The molecule has 0 saturated carbocycles. The summed E-state index contributed by atoms with van der Waals surface area (Å²) in [5.41, 5.74) is 1.84. The Hall–Kier alpha value is -0.830. The van der Waals surface area contributed by atoms with Gasteiger partial charge in [0.1, 0.15) is 0 Å². The van der Waals surface area contributed by atoms with Crippen LogP contribution in [0.1, 0.15) is 36.7 Å². The van der Waals surface area contributed by atoms with Gasteiger partial charge in [0.15, 0.2) is 0 Å². The van der Waals surface area contributed by atoms with Crippen molar-refractivity contribution in [3.8, 4) is 0 Å². The molecule has 3 heteroatoms. The quantitative estimate of drug-likeness (QED) is 0.829. The zero-order valence-corrected chi connectivity index (χ0v) is 12.7. The lowest BCUT2D eigenvalue weighted by atomic mass is 10.0. The number of carbonyl (C=O) groups excluding carboxylic acids is 1. The minimum Gasteiger partial charge on any atom is -0.339 e. The summed E-state index contributed by atoms with van der Waals surface area (Å²) in [4.78, 5) is 14.2. The fourth-order valence-electron chi connectivity index (χ4n) is 1.63. The first-order chi connectivity index (χ1) is 7.84. The second-order valence-electron chi connectivity index (χ2n) is 4.88. The van der Waals surface area contributed by atoms with E-state index in [9.17, 15) is 4.79 Å². The third kappa shape index (κ3) is 3.32.